The molecule has 1 atom stereocenters. The Hall–Kier alpha value is -3.84. The van der Waals surface area contributed by atoms with E-state index in [4.69, 9.17) is 0 Å². The van der Waals surface area contributed by atoms with Gasteiger partial charge in [-0.15, -0.1) is 0 Å². The summed E-state index contributed by atoms with van der Waals surface area (Å²) in [4.78, 5) is 0. The topological polar surface area (TPSA) is 4.93 Å². The molecule has 5 aromatic rings. The van der Waals surface area contributed by atoms with Crippen molar-refractivity contribution in [3.8, 4) is 16.8 Å². The molecule has 7 rings (SSSR count). The van der Waals surface area contributed by atoms with Gasteiger partial charge in [0.15, 0.2) is 0 Å². The molecule has 0 saturated heterocycles. The van der Waals surface area contributed by atoms with E-state index >= 15 is 0 Å². The summed E-state index contributed by atoms with van der Waals surface area (Å²) in [7, 11) is 0. The number of aryl methyl sites for hydroxylation is 1. The standard InChI is InChI=1S/C33H27N/c1-22-11-10-14-24(19-22)34-31-18-9-7-16-26(31)28-20-30-27(21-32(28)34)25-15-6-8-17-29(25)33(30,2)23-12-4-3-5-13-23/h3-4,6-12,14-21H,5,13H2,1-2H3. The lowest BCUT2D eigenvalue weighted by Crippen LogP contribution is -2.24. The Balaban J connectivity index is 1.61. The van der Waals surface area contributed by atoms with Gasteiger partial charge in [0.25, 0.3) is 0 Å². The van der Waals surface area contributed by atoms with Crippen molar-refractivity contribution in [2.24, 2.45) is 0 Å². The Morgan fingerprint density at radius 3 is 2.44 bits per heavy atom. The molecule has 0 amide bonds. The fourth-order valence-electron chi connectivity index (χ4n) is 6.36. The first-order valence-corrected chi connectivity index (χ1v) is 12.3. The van der Waals surface area contributed by atoms with Crippen LogP contribution in [0.5, 0.6) is 0 Å². The highest BCUT2D eigenvalue weighted by atomic mass is 15.0. The molecule has 0 fully saturated rings. The number of nitrogens with zero attached hydrogens (tertiary/aromatic N) is 1. The lowest BCUT2D eigenvalue weighted by Gasteiger charge is -2.32. The summed E-state index contributed by atoms with van der Waals surface area (Å²) in [6, 6.07) is 31.7. The highest BCUT2D eigenvalue weighted by Crippen LogP contribution is 2.55. The van der Waals surface area contributed by atoms with Gasteiger partial charge in [-0.25, -0.2) is 0 Å². The van der Waals surface area contributed by atoms with Crippen molar-refractivity contribution in [2.75, 3.05) is 0 Å². The molecule has 2 aliphatic carbocycles. The van der Waals surface area contributed by atoms with E-state index in [1.54, 1.807) is 0 Å². The van der Waals surface area contributed by atoms with Gasteiger partial charge in [0.1, 0.15) is 0 Å². The molecule has 0 saturated carbocycles. The number of fused-ring (bicyclic) bond motifs is 6. The summed E-state index contributed by atoms with van der Waals surface area (Å²) in [5.74, 6) is 0. The Labute approximate surface area is 200 Å². The summed E-state index contributed by atoms with van der Waals surface area (Å²) in [5, 5.41) is 2.65. The van der Waals surface area contributed by atoms with Crippen LogP contribution in [0.4, 0.5) is 0 Å². The van der Waals surface area contributed by atoms with Crippen molar-refractivity contribution in [1.82, 2.24) is 4.57 Å². The van der Waals surface area contributed by atoms with Gasteiger partial charge >= 0.3 is 0 Å². The van der Waals surface area contributed by atoms with Gasteiger partial charge in [-0.05, 0) is 84.8 Å². The Morgan fingerprint density at radius 1 is 0.735 bits per heavy atom. The Kier molecular flexibility index (Phi) is 4.08. The van der Waals surface area contributed by atoms with Crippen molar-refractivity contribution in [3.63, 3.8) is 0 Å². The van der Waals surface area contributed by atoms with Crippen LogP contribution in [0.2, 0.25) is 0 Å². The third-order valence-electron chi connectivity index (χ3n) is 8.02. The predicted octanol–water partition coefficient (Wildman–Crippen LogP) is 8.65. The van der Waals surface area contributed by atoms with Crippen molar-refractivity contribution in [1.29, 1.82) is 0 Å². The van der Waals surface area contributed by atoms with Crippen LogP contribution in [0.3, 0.4) is 0 Å². The zero-order valence-electron chi connectivity index (χ0n) is 19.7. The summed E-state index contributed by atoms with van der Waals surface area (Å²) in [5.41, 5.74) is 12.1. The van der Waals surface area contributed by atoms with E-state index in [0.29, 0.717) is 0 Å². The van der Waals surface area contributed by atoms with Gasteiger partial charge in [0.05, 0.1) is 11.0 Å². The fourth-order valence-corrected chi connectivity index (χ4v) is 6.36. The molecule has 1 heteroatoms. The summed E-state index contributed by atoms with van der Waals surface area (Å²) in [6.45, 7) is 4.61. The number of para-hydroxylation sites is 1. The van der Waals surface area contributed by atoms with E-state index in [9.17, 15) is 0 Å². The van der Waals surface area contributed by atoms with Crippen molar-refractivity contribution in [3.05, 3.63) is 125 Å². The maximum atomic E-state index is 2.50. The van der Waals surface area contributed by atoms with Crippen LogP contribution in [0.1, 0.15) is 36.5 Å². The molecular formula is C33H27N. The van der Waals surface area contributed by atoms with Gasteiger partial charge in [-0.1, -0.05) is 78.4 Å². The number of aromatic nitrogens is 1. The normalized spacial score (nSPS) is 18.8. The van der Waals surface area contributed by atoms with Crippen LogP contribution in [0, 0.1) is 6.92 Å². The number of hydrogen-bond donors (Lipinski definition) is 0. The van der Waals surface area contributed by atoms with Gasteiger partial charge in [0, 0.05) is 21.9 Å². The van der Waals surface area contributed by atoms with Gasteiger partial charge < -0.3 is 4.57 Å². The highest BCUT2D eigenvalue weighted by molar-refractivity contribution is 6.11. The Morgan fingerprint density at radius 2 is 1.59 bits per heavy atom. The first kappa shape index (κ1) is 19.6. The monoisotopic (exact) mass is 437 g/mol. The molecule has 1 aromatic heterocycles. The van der Waals surface area contributed by atoms with E-state index in [-0.39, 0.29) is 5.41 Å². The van der Waals surface area contributed by atoms with Crippen LogP contribution >= 0.6 is 0 Å². The summed E-state index contributed by atoms with van der Waals surface area (Å²) in [6.07, 6.45) is 9.12. The molecule has 2 aliphatic rings. The maximum Gasteiger partial charge on any atom is 0.0547 e. The Bertz CT molecular complexity index is 1680. The smallest absolute Gasteiger partial charge is 0.0547 e. The van der Waals surface area contributed by atoms with E-state index in [1.165, 1.54) is 60.9 Å². The fraction of sp³-hybridized carbons (Fsp3) is 0.152. The van der Waals surface area contributed by atoms with E-state index in [1.807, 2.05) is 0 Å². The average Bonchev–Trinajstić information content (AvgIpc) is 3.34. The first-order chi connectivity index (χ1) is 16.7. The summed E-state index contributed by atoms with van der Waals surface area (Å²) >= 11 is 0. The van der Waals surface area contributed by atoms with E-state index in [0.717, 1.165) is 12.8 Å². The van der Waals surface area contributed by atoms with E-state index in [2.05, 4.69) is 122 Å². The highest BCUT2D eigenvalue weighted by Gasteiger charge is 2.42. The van der Waals surface area contributed by atoms with Crippen molar-refractivity contribution in [2.45, 2.75) is 32.1 Å². The molecule has 0 spiro atoms. The molecule has 0 bridgehead atoms. The van der Waals surface area contributed by atoms with Crippen molar-refractivity contribution < 1.29 is 0 Å². The third-order valence-corrected chi connectivity index (χ3v) is 8.02. The second-order valence-corrected chi connectivity index (χ2v) is 9.94. The molecule has 0 N–H and O–H groups in total. The van der Waals surface area contributed by atoms with Crippen LogP contribution in [0.15, 0.2) is 109 Å². The number of allylic oxidation sites excluding steroid dienone is 4. The van der Waals surface area contributed by atoms with Crippen LogP contribution < -0.4 is 0 Å². The number of rotatable bonds is 2. The molecule has 164 valence electrons. The molecule has 0 radical (unpaired) electrons. The predicted molar refractivity (Wildman–Crippen MR) is 144 cm³/mol. The largest absolute Gasteiger partial charge is 0.309 e. The molecule has 0 aliphatic heterocycles. The quantitative estimate of drug-likeness (QED) is 0.260. The van der Waals surface area contributed by atoms with Crippen LogP contribution in [0.25, 0.3) is 38.6 Å². The molecule has 1 unspecified atom stereocenters. The van der Waals surface area contributed by atoms with Crippen molar-refractivity contribution >= 4 is 21.8 Å². The SMILES string of the molecule is Cc1cccc(-n2c3ccccc3c3cc4c(cc32)-c2ccccc2C4(C)C2=CC=CCC2)c1. The third kappa shape index (κ3) is 2.56. The summed E-state index contributed by atoms with van der Waals surface area (Å²) < 4.78 is 2.44. The minimum Gasteiger partial charge on any atom is -0.309 e. The minimum atomic E-state index is -0.0998. The van der Waals surface area contributed by atoms with Crippen LogP contribution in [-0.4, -0.2) is 4.57 Å². The van der Waals surface area contributed by atoms with Crippen LogP contribution in [-0.2, 0) is 5.41 Å². The maximum absolute atomic E-state index is 2.50. The molecular weight excluding hydrogens is 410 g/mol. The first-order valence-electron chi connectivity index (χ1n) is 12.3. The second-order valence-electron chi connectivity index (χ2n) is 9.94. The van der Waals surface area contributed by atoms with Gasteiger partial charge in [-0.2, -0.15) is 0 Å². The lowest BCUT2D eigenvalue weighted by atomic mass is 9.71. The van der Waals surface area contributed by atoms with Gasteiger partial charge in [-0.3, -0.25) is 0 Å². The molecule has 4 aromatic carbocycles. The molecule has 1 heterocycles. The molecule has 1 nitrogen and oxygen atoms in total. The van der Waals surface area contributed by atoms with E-state index < -0.39 is 0 Å². The van der Waals surface area contributed by atoms with Gasteiger partial charge in [0.2, 0.25) is 0 Å². The number of benzene rings is 4. The lowest BCUT2D eigenvalue weighted by molar-refractivity contribution is 0.650. The zero-order valence-corrected chi connectivity index (χ0v) is 19.7. The minimum absolute atomic E-state index is 0.0998. The average molecular weight is 438 g/mol. The number of hydrogen-bond acceptors (Lipinski definition) is 0. The molecule has 34 heavy (non-hydrogen) atoms. The zero-order chi connectivity index (χ0) is 22.9. The second kappa shape index (κ2) is 7.08.